The van der Waals surface area contributed by atoms with E-state index >= 15 is 0 Å². The molecule has 1 N–H and O–H groups in total. The summed E-state index contributed by atoms with van der Waals surface area (Å²) in [5.41, 5.74) is 0.348. The molecule has 0 saturated carbocycles. The van der Waals surface area contributed by atoms with Crippen LogP contribution < -0.4 is 9.47 Å². The Morgan fingerprint density at radius 1 is 1.53 bits per heavy atom. The van der Waals surface area contributed by atoms with Gasteiger partial charge in [0.15, 0.2) is 6.10 Å². The largest absolute Gasteiger partial charge is 0.496 e. The number of carbonyl (C=O) groups excluding carboxylic acids is 1. The molecule has 0 bridgehead atoms. The third-order valence-corrected chi connectivity index (χ3v) is 3.31. The second-order valence-corrected chi connectivity index (χ2v) is 4.34. The Labute approximate surface area is 103 Å². The molecule has 1 unspecified atom stereocenters. The summed E-state index contributed by atoms with van der Waals surface area (Å²) in [7, 11) is 2.70. The summed E-state index contributed by atoms with van der Waals surface area (Å²) in [6.45, 7) is 0. The first-order valence-electron chi connectivity index (χ1n) is 4.90. The summed E-state index contributed by atoms with van der Waals surface area (Å²) < 4.78 is 15.0. The minimum absolute atomic E-state index is 0.348. The third-order valence-electron chi connectivity index (χ3n) is 2.44. The highest BCUT2D eigenvalue weighted by Gasteiger charge is 2.25. The molecular weight excluding hydrogens is 244 g/mol. The SMILES string of the molecule is COC(=O)C(O)c1cc2c(cc1OC)SCO2. The predicted octanol–water partition coefficient (Wildman–Crippen LogP) is 1.34. The van der Waals surface area contributed by atoms with Gasteiger partial charge in [-0.05, 0) is 12.1 Å². The quantitative estimate of drug-likeness (QED) is 0.823. The standard InChI is InChI=1S/C11H12O5S/c1-14-7-4-9-8(16-5-17-9)3-6(7)10(12)11(13)15-2/h3-4,10,12H,5H2,1-2H3. The summed E-state index contributed by atoms with van der Waals surface area (Å²) in [5, 5.41) is 9.82. The van der Waals surface area contributed by atoms with E-state index in [0.717, 1.165) is 4.90 Å². The van der Waals surface area contributed by atoms with Crippen LogP contribution in [0, 0.1) is 0 Å². The first-order valence-corrected chi connectivity index (χ1v) is 5.89. The van der Waals surface area contributed by atoms with Crippen LogP contribution in [0.5, 0.6) is 11.5 Å². The number of esters is 1. The van der Waals surface area contributed by atoms with Gasteiger partial charge in [0, 0.05) is 5.56 Å². The molecule has 1 heterocycles. The van der Waals surface area contributed by atoms with Gasteiger partial charge in [0.2, 0.25) is 0 Å². The van der Waals surface area contributed by atoms with E-state index < -0.39 is 12.1 Å². The van der Waals surface area contributed by atoms with Crippen molar-refractivity contribution < 1.29 is 24.1 Å². The Hall–Kier alpha value is -1.40. The fourth-order valence-electron chi connectivity index (χ4n) is 1.57. The van der Waals surface area contributed by atoms with Gasteiger partial charge in [0.25, 0.3) is 0 Å². The van der Waals surface area contributed by atoms with E-state index in [1.54, 1.807) is 12.1 Å². The molecule has 0 radical (unpaired) electrons. The maximum Gasteiger partial charge on any atom is 0.339 e. The summed E-state index contributed by atoms with van der Waals surface area (Å²) >= 11 is 1.53. The molecule has 0 aliphatic carbocycles. The molecule has 1 aromatic rings. The van der Waals surface area contributed by atoms with Crippen molar-refractivity contribution in [2.24, 2.45) is 0 Å². The lowest BCUT2D eigenvalue weighted by atomic mass is 10.1. The highest BCUT2D eigenvalue weighted by molar-refractivity contribution is 7.99. The molecule has 0 spiro atoms. The highest BCUT2D eigenvalue weighted by Crippen LogP contribution is 2.42. The average molecular weight is 256 g/mol. The van der Waals surface area contributed by atoms with Gasteiger partial charge in [-0.25, -0.2) is 4.79 Å². The zero-order chi connectivity index (χ0) is 12.4. The number of hydrogen-bond acceptors (Lipinski definition) is 6. The molecule has 6 heteroatoms. The van der Waals surface area contributed by atoms with Gasteiger partial charge < -0.3 is 19.3 Å². The monoisotopic (exact) mass is 256 g/mol. The first-order chi connectivity index (χ1) is 8.17. The van der Waals surface area contributed by atoms with Crippen LogP contribution in [0.25, 0.3) is 0 Å². The molecule has 1 atom stereocenters. The lowest BCUT2D eigenvalue weighted by molar-refractivity contribution is -0.150. The first kappa shape index (κ1) is 12.1. The average Bonchev–Trinajstić information content (AvgIpc) is 2.82. The van der Waals surface area contributed by atoms with Gasteiger partial charge in [0.1, 0.15) is 17.4 Å². The number of aliphatic hydroxyl groups excluding tert-OH is 1. The van der Waals surface area contributed by atoms with Crippen molar-refractivity contribution in [1.29, 1.82) is 0 Å². The van der Waals surface area contributed by atoms with Crippen LogP contribution in [0.15, 0.2) is 17.0 Å². The molecule has 0 aromatic heterocycles. The number of aliphatic hydroxyl groups is 1. The Morgan fingerprint density at radius 3 is 2.94 bits per heavy atom. The zero-order valence-corrected chi connectivity index (χ0v) is 10.2. The van der Waals surface area contributed by atoms with E-state index in [1.165, 1.54) is 26.0 Å². The van der Waals surface area contributed by atoms with Gasteiger partial charge in [-0.2, -0.15) is 0 Å². The molecule has 5 nitrogen and oxygen atoms in total. The molecule has 1 aliphatic rings. The molecular formula is C11H12O5S. The minimum Gasteiger partial charge on any atom is -0.496 e. The number of methoxy groups -OCH3 is 2. The molecule has 17 heavy (non-hydrogen) atoms. The van der Waals surface area contributed by atoms with E-state index in [-0.39, 0.29) is 0 Å². The van der Waals surface area contributed by atoms with Crippen LogP contribution in [0.4, 0.5) is 0 Å². The summed E-state index contributed by atoms with van der Waals surface area (Å²) in [6.07, 6.45) is -1.37. The fraction of sp³-hybridized carbons (Fsp3) is 0.364. The van der Waals surface area contributed by atoms with Crippen LogP contribution in [0.3, 0.4) is 0 Å². The Morgan fingerprint density at radius 2 is 2.29 bits per heavy atom. The zero-order valence-electron chi connectivity index (χ0n) is 9.43. The van der Waals surface area contributed by atoms with Crippen LogP contribution in [-0.2, 0) is 9.53 Å². The Balaban J connectivity index is 2.42. The predicted molar refractivity (Wildman–Crippen MR) is 61.3 cm³/mol. The minimum atomic E-state index is -1.37. The Bertz CT molecular complexity index is 446. The second kappa shape index (κ2) is 4.85. The van der Waals surface area contributed by atoms with Gasteiger partial charge in [-0.1, -0.05) is 11.8 Å². The molecule has 0 fully saturated rings. The Kier molecular flexibility index (Phi) is 3.44. The normalized spacial score (nSPS) is 14.8. The molecule has 92 valence electrons. The van der Waals surface area contributed by atoms with Crippen molar-refractivity contribution >= 4 is 17.7 Å². The molecule has 1 aliphatic heterocycles. The van der Waals surface area contributed by atoms with E-state index in [9.17, 15) is 9.90 Å². The number of rotatable bonds is 3. The van der Waals surface area contributed by atoms with Crippen LogP contribution in [0.2, 0.25) is 0 Å². The van der Waals surface area contributed by atoms with Crippen LogP contribution in [-0.4, -0.2) is 31.2 Å². The van der Waals surface area contributed by atoms with Gasteiger partial charge in [-0.15, -0.1) is 0 Å². The van der Waals surface area contributed by atoms with Crippen LogP contribution >= 0.6 is 11.8 Å². The summed E-state index contributed by atoms with van der Waals surface area (Å²) in [4.78, 5) is 12.2. The van der Waals surface area contributed by atoms with Crippen molar-refractivity contribution in [3.63, 3.8) is 0 Å². The lowest BCUT2D eigenvalue weighted by Gasteiger charge is -2.14. The van der Waals surface area contributed by atoms with E-state index in [0.29, 0.717) is 23.0 Å². The third kappa shape index (κ3) is 2.18. The number of hydrogen-bond donors (Lipinski definition) is 1. The van der Waals surface area contributed by atoms with Crippen molar-refractivity contribution in [1.82, 2.24) is 0 Å². The van der Waals surface area contributed by atoms with Crippen molar-refractivity contribution in [2.45, 2.75) is 11.0 Å². The fourth-order valence-corrected chi connectivity index (χ4v) is 2.33. The summed E-state index contributed by atoms with van der Waals surface area (Å²) in [6, 6.07) is 3.35. The van der Waals surface area contributed by atoms with E-state index in [4.69, 9.17) is 9.47 Å². The maximum absolute atomic E-state index is 11.3. The number of fused-ring (bicyclic) bond motifs is 1. The van der Waals surface area contributed by atoms with Gasteiger partial charge in [-0.3, -0.25) is 0 Å². The summed E-state index contributed by atoms with van der Waals surface area (Å²) in [5.74, 6) is 0.887. The van der Waals surface area contributed by atoms with E-state index in [1.807, 2.05) is 0 Å². The van der Waals surface area contributed by atoms with Crippen molar-refractivity contribution in [3.05, 3.63) is 17.7 Å². The molecule has 0 amide bonds. The van der Waals surface area contributed by atoms with Crippen LogP contribution in [0.1, 0.15) is 11.7 Å². The van der Waals surface area contributed by atoms with Gasteiger partial charge >= 0.3 is 5.97 Å². The number of benzene rings is 1. The molecule has 1 aromatic carbocycles. The maximum atomic E-state index is 11.3. The molecule has 0 saturated heterocycles. The van der Waals surface area contributed by atoms with Crippen molar-refractivity contribution in [2.75, 3.05) is 20.2 Å². The second-order valence-electron chi connectivity index (χ2n) is 3.37. The van der Waals surface area contributed by atoms with E-state index in [2.05, 4.69) is 4.74 Å². The topological polar surface area (TPSA) is 65.0 Å². The van der Waals surface area contributed by atoms with Crippen molar-refractivity contribution in [3.8, 4) is 11.5 Å². The number of ether oxygens (including phenoxy) is 3. The van der Waals surface area contributed by atoms with Gasteiger partial charge in [0.05, 0.1) is 19.1 Å². The number of carbonyl (C=O) groups is 1. The number of thioether (sulfide) groups is 1. The lowest BCUT2D eigenvalue weighted by Crippen LogP contribution is -2.14. The smallest absolute Gasteiger partial charge is 0.339 e. The highest BCUT2D eigenvalue weighted by atomic mass is 32.2. The molecule has 2 rings (SSSR count).